The summed E-state index contributed by atoms with van der Waals surface area (Å²) in [6, 6.07) is 3.73. The minimum absolute atomic E-state index is 0.404. The second-order valence-corrected chi connectivity index (χ2v) is 4.79. The van der Waals surface area contributed by atoms with Crippen molar-refractivity contribution >= 4 is 11.6 Å². The Morgan fingerprint density at radius 2 is 2.06 bits per heavy atom. The molecule has 1 N–H and O–H groups in total. The molecule has 4 nitrogen and oxygen atoms in total. The van der Waals surface area contributed by atoms with E-state index >= 15 is 0 Å². The summed E-state index contributed by atoms with van der Waals surface area (Å²) in [5, 5.41) is 0.660. The Labute approximate surface area is 105 Å². The highest BCUT2D eigenvalue weighted by Crippen LogP contribution is 2.49. The van der Waals surface area contributed by atoms with Crippen LogP contribution in [0.4, 0.5) is 0 Å². The predicted octanol–water partition coefficient (Wildman–Crippen LogP) is 2.64. The van der Waals surface area contributed by atoms with Crippen molar-refractivity contribution in [3.8, 4) is 11.5 Å². The summed E-state index contributed by atoms with van der Waals surface area (Å²) in [4.78, 5) is 4.81. The van der Waals surface area contributed by atoms with Crippen molar-refractivity contribution in [1.29, 1.82) is 0 Å². The maximum atomic E-state index is 6.17. The Kier molecular flexibility index (Phi) is 2.65. The van der Waals surface area contributed by atoms with E-state index in [0.29, 0.717) is 11.6 Å². The maximum absolute atomic E-state index is 6.17. The van der Waals surface area contributed by atoms with Gasteiger partial charge in [0, 0.05) is 30.5 Å². The fourth-order valence-electron chi connectivity index (χ4n) is 2.11. The number of rotatable bonds is 3. The fraction of sp³-hybridized carbons (Fsp3) is 0.500. The molecule has 1 spiro atoms. The number of ether oxygens (including phenoxy) is 2. The number of hydrogen-bond donors (Lipinski definition) is 1. The summed E-state index contributed by atoms with van der Waals surface area (Å²) >= 11 is 6.17. The molecule has 1 aromatic carbocycles. The molecule has 1 heterocycles. The minimum Gasteiger partial charge on any atom is -0.448 e. The average molecular weight is 256 g/mol. The smallest absolute Gasteiger partial charge is 0.251 e. The van der Waals surface area contributed by atoms with E-state index < -0.39 is 5.79 Å². The molecule has 0 amide bonds. The Hall–Kier alpha value is -0.970. The number of hydroxylamine groups is 1. The lowest BCUT2D eigenvalue weighted by atomic mass is 9.91. The molecule has 0 bridgehead atoms. The van der Waals surface area contributed by atoms with Crippen LogP contribution in [0, 0.1) is 0 Å². The first-order valence-corrected chi connectivity index (χ1v) is 6.06. The van der Waals surface area contributed by atoms with Crippen LogP contribution in [0.1, 0.15) is 24.8 Å². The van der Waals surface area contributed by atoms with Gasteiger partial charge in [0.2, 0.25) is 0 Å². The van der Waals surface area contributed by atoms with Gasteiger partial charge in [0.1, 0.15) is 0 Å². The van der Waals surface area contributed by atoms with Gasteiger partial charge in [-0.25, -0.2) is 0 Å². The van der Waals surface area contributed by atoms with Gasteiger partial charge in [0.05, 0.1) is 7.11 Å². The molecule has 0 aromatic heterocycles. The maximum Gasteiger partial charge on any atom is 0.251 e. The van der Waals surface area contributed by atoms with Crippen molar-refractivity contribution in [2.24, 2.45) is 0 Å². The first-order valence-electron chi connectivity index (χ1n) is 5.69. The molecule has 1 aromatic rings. The molecule has 2 aliphatic rings. The largest absolute Gasteiger partial charge is 0.448 e. The second kappa shape index (κ2) is 4.05. The first-order chi connectivity index (χ1) is 8.22. The number of halogens is 1. The quantitative estimate of drug-likeness (QED) is 0.843. The van der Waals surface area contributed by atoms with Gasteiger partial charge in [-0.3, -0.25) is 0 Å². The molecule has 0 unspecified atom stereocenters. The van der Waals surface area contributed by atoms with E-state index in [2.05, 4.69) is 5.48 Å². The molecule has 1 aliphatic heterocycles. The van der Waals surface area contributed by atoms with Crippen molar-refractivity contribution in [2.75, 3.05) is 7.11 Å². The fourth-order valence-corrected chi connectivity index (χ4v) is 2.33. The summed E-state index contributed by atoms with van der Waals surface area (Å²) in [7, 11) is 1.57. The topological polar surface area (TPSA) is 39.7 Å². The van der Waals surface area contributed by atoms with Crippen LogP contribution in [-0.4, -0.2) is 12.9 Å². The van der Waals surface area contributed by atoms with Gasteiger partial charge < -0.3 is 14.3 Å². The van der Waals surface area contributed by atoms with E-state index in [1.807, 2.05) is 12.1 Å². The van der Waals surface area contributed by atoms with Crippen LogP contribution in [0.5, 0.6) is 11.5 Å². The molecule has 0 saturated heterocycles. The van der Waals surface area contributed by atoms with Crippen LogP contribution in [0.15, 0.2) is 12.1 Å². The van der Waals surface area contributed by atoms with Crippen LogP contribution < -0.4 is 15.0 Å². The minimum atomic E-state index is -0.404. The van der Waals surface area contributed by atoms with Gasteiger partial charge in [0.25, 0.3) is 5.79 Å². The van der Waals surface area contributed by atoms with E-state index in [-0.39, 0.29) is 0 Å². The van der Waals surface area contributed by atoms with Gasteiger partial charge in [0.15, 0.2) is 11.5 Å². The lowest BCUT2D eigenvalue weighted by molar-refractivity contribution is -0.138. The Bertz CT molecular complexity index is 446. The zero-order valence-electron chi connectivity index (χ0n) is 9.59. The summed E-state index contributed by atoms with van der Waals surface area (Å²) in [5.74, 6) is 1.12. The van der Waals surface area contributed by atoms with E-state index in [0.717, 1.165) is 36.3 Å². The van der Waals surface area contributed by atoms with Gasteiger partial charge in [-0.2, -0.15) is 5.48 Å². The molecule has 0 atom stereocenters. The third-order valence-corrected chi connectivity index (χ3v) is 3.58. The Morgan fingerprint density at radius 3 is 2.65 bits per heavy atom. The van der Waals surface area contributed by atoms with Gasteiger partial charge in [-0.05, 0) is 18.1 Å². The summed E-state index contributed by atoms with van der Waals surface area (Å²) in [6.45, 7) is 0.541. The SMILES string of the molecule is CONCc1cc2c(cc1Cl)OC1(CCC1)O2. The molecular formula is C12H14ClNO3. The molecule has 1 fully saturated rings. The monoisotopic (exact) mass is 255 g/mol. The lowest BCUT2D eigenvalue weighted by Gasteiger charge is -2.35. The van der Waals surface area contributed by atoms with Crippen molar-refractivity contribution < 1.29 is 14.3 Å². The molecule has 3 rings (SSSR count). The third kappa shape index (κ3) is 1.86. The lowest BCUT2D eigenvalue weighted by Crippen LogP contribution is -2.45. The molecule has 92 valence electrons. The van der Waals surface area contributed by atoms with Gasteiger partial charge in [-0.15, -0.1) is 0 Å². The molecule has 17 heavy (non-hydrogen) atoms. The zero-order chi connectivity index (χ0) is 11.9. The Balaban J connectivity index is 1.85. The van der Waals surface area contributed by atoms with E-state index in [4.69, 9.17) is 25.9 Å². The standard InChI is InChI=1S/C12H14ClNO3/c1-15-14-7-8-5-10-11(6-9(8)13)17-12(16-10)3-2-4-12/h5-6,14H,2-4,7H2,1H3. The van der Waals surface area contributed by atoms with Crippen LogP contribution in [0.2, 0.25) is 5.02 Å². The highest BCUT2D eigenvalue weighted by Gasteiger charge is 2.47. The van der Waals surface area contributed by atoms with Crippen molar-refractivity contribution in [3.05, 3.63) is 22.7 Å². The summed E-state index contributed by atoms with van der Waals surface area (Å²) < 4.78 is 11.7. The van der Waals surface area contributed by atoms with Crippen LogP contribution in [-0.2, 0) is 11.4 Å². The average Bonchev–Trinajstić information content (AvgIpc) is 2.64. The van der Waals surface area contributed by atoms with Gasteiger partial charge in [-0.1, -0.05) is 11.6 Å². The first kappa shape index (κ1) is 11.1. The van der Waals surface area contributed by atoms with Crippen molar-refractivity contribution in [1.82, 2.24) is 5.48 Å². The highest BCUT2D eigenvalue weighted by molar-refractivity contribution is 6.31. The van der Waals surface area contributed by atoms with Crippen LogP contribution in [0.25, 0.3) is 0 Å². The number of hydrogen-bond acceptors (Lipinski definition) is 4. The van der Waals surface area contributed by atoms with E-state index in [9.17, 15) is 0 Å². The van der Waals surface area contributed by atoms with E-state index in [1.54, 1.807) is 7.11 Å². The second-order valence-electron chi connectivity index (χ2n) is 4.38. The summed E-state index contributed by atoms with van der Waals surface area (Å²) in [5.41, 5.74) is 3.70. The normalized spacial score (nSPS) is 19.4. The predicted molar refractivity (Wildman–Crippen MR) is 63.1 cm³/mol. The Morgan fingerprint density at radius 1 is 1.35 bits per heavy atom. The van der Waals surface area contributed by atoms with Crippen molar-refractivity contribution in [2.45, 2.75) is 31.6 Å². The highest BCUT2D eigenvalue weighted by atomic mass is 35.5. The molecule has 5 heteroatoms. The number of fused-ring (bicyclic) bond motifs is 1. The van der Waals surface area contributed by atoms with Crippen molar-refractivity contribution in [3.63, 3.8) is 0 Å². The van der Waals surface area contributed by atoms with Crippen LogP contribution in [0.3, 0.4) is 0 Å². The van der Waals surface area contributed by atoms with Gasteiger partial charge >= 0.3 is 0 Å². The number of nitrogens with one attached hydrogen (secondary N) is 1. The zero-order valence-corrected chi connectivity index (χ0v) is 10.3. The molecule has 1 aliphatic carbocycles. The van der Waals surface area contributed by atoms with E-state index in [1.165, 1.54) is 0 Å². The molecule has 1 saturated carbocycles. The number of benzene rings is 1. The molecule has 0 radical (unpaired) electrons. The summed E-state index contributed by atoms with van der Waals surface area (Å²) in [6.07, 6.45) is 3.05. The third-order valence-electron chi connectivity index (χ3n) is 3.23. The molecular weight excluding hydrogens is 242 g/mol. The van der Waals surface area contributed by atoms with Crippen LogP contribution >= 0.6 is 11.6 Å².